The lowest BCUT2D eigenvalue weighted by atomic mass is 10.0. The molecular weight excluding hydrogens is 208 g/mol. The molecule has 102 valence electrons. The molecule has 0 aromatic carbocycles. The van der Waals surface area contributed by atoms with Crippen molar-refractivity contribution in [3.8, 4) is 0 Å². The van der Waals surface area contributed by atoms with Crippen molar-refractivity contribution < 1.29 is 0 Å². The van der Waals surface area contributed by atoms with E-state index in [9.17, 15) is 0 Å². The standard InChI is InChI=1S/C15H32N2/c1-5-7-14(6-2)16-15-8-10-17(11-9-15)12-13(3)4/h13-16H,5-12H2,1-4H3. The fraction of sp³-hybridized carbons (Fsp3) is 1.00. The maximum atomic E-state index is 3.85. The minimum Gasteiger partial charge on any atom is -0.311 e. The van der Waals surface area contributed by atoms with Gasteiger partial charge in [0.1, 0.15) is 0 Å². The first-order valence-corrected chi connectivity index (χ1v) is 7.64. The number of hydrogen-bond acceptors (Lipinski definition) is 2. The summed E-state index contributed by atoms with van der Waals surface area (Å²) in [5.74, 6) is 0.808. The van der Waals surface area contributed by atoms with E-state index in [2.05, 4.69) is 37.9 Å². The van der Waals surface area contributed by atoms with Gasteiger partial charge in [-0.2, -0.15) is 0 Å². The van der Waals surface area contributed by atoms with E-state index in [0.29, 0.717) is 0 Å². The molecule has 1 atom stereocenters. The van der Waals surface area contributed by atoms with Gasteiger partial charge in [0.15, 0.2) is 0 Å². The Labute approximate surface area is 108 Å². The molecule has 0 saturated carbocycles. The van der Waals surface area contributed by atoms with Gasteiger partial charge in [0.25, 0.3) is 0 Å². The summed E-state index contributed by atoms with van der Waals surface area (Å²) in [4.78, 5) is 2.63. The maximum absolute atomic E-state index is 3.85. The molecule has 1 rings (SSSR count). The van der Waals surface area contributed by atoms with E-state index in [4.69, 9.17) is 0 Å². The molecule has 2 heteroatoms. The fourth-order valence-electron chi connectivity index (χ4n) is 2.89. The van der Waals surface area contributed by atoms with E-state index in [1.165, 1.54) is 51.7 Å². The number of nitrogens with zero attached hydrogens (tertiary/aromatic N) is 1. The highest BCUT2D eigenvalue weighted by Crippen LogP contribution is 2.14. The first-order valence-electron chi connectivity index (χ1n) is 7.64. The van der Waals surface area contributed by atoms with Gasteiger partial charge in [-0.15, -0.1) is 0 Å². The first kappa shape index (κ1) is 15.0. The summed E-state index contributed by atoms with van der Waals surface area (Å²) in [5, 5.41) is 3.85. The molecule has 0 aromatic heterocycles. The highest BCUT2D eigenvalue weighted by molar-refractivity contribution is 4.80. The van der Waals surface area contributed by atoms with Crippen molar-refractivity contribution in [1.82, 2.24) is 10.2 Å². The van der Waals surface area contributed by atoms with E-state index < -0.39 is 0 Å². The van der Waals surface area contributed by atoms with Crippen LogP contribution in [0.2, 0.25) is 0 Å². The summed E-state index contributed by atoms with van der Waals surface area (Å²) in [6.45, 7) is 13.1. The lowest BCUT2D eigenvalue weighted by Crippen LogP contribution is -2.46. The Morgan fingerprint density at radius 3 is 2.29 bits per heavy atom. The normalized spacial score (nSPS) is 21.0. The number of piperidine rings is 1. The number of nitrogens with one attached hydrogen (secondary N) is 1. The van der Waals surface area contributed by atoms with Crippen molar-refractivity contribution in [2.24, 2.45) is 5.92 Å². The van der Waals surface area contributed by atoms with Gasteiger partial charge in [-0.25, -0.2) is 0 Å². The van der Waals surface area contributed by atoms with Crippen molar-refractivity contribution in [1.29, 1.82) is 0 Å². The van der Waals surface area contributed by atoms with E-state index in [0.717, 1.165) is 18.0 Å². The van der Waals surface area contributed by atoms with E-state index in [1.54, 1.807) is 0 Å². The summed E-state index contributed by atoms with van der Waals surface area (Å²) < 4.78 is 0. The third kappa shape index (κ3) is 5.87. The molecule has 0 spiro atoms. The lowest BCUT2D eigenvalue weighted by molar-refractivity contribution is 0.172. The Morgan fingerprint density at radius 2 is 1.82 bits per heavy atom. The second-order valence-corrected chi connectivity index (χ2v) is 6.03. The van der Waals surface area contributed by atoms with Gasteiger partial charge in [-0.3, -0.25) is 0 Å². The number of rotatable bonds is 7. The Bertz CT molecular complexity index is 183. The zero-order chi connectivity index (χ0) is 12.7. The zero-order valence-electron chi connectivity index (χ0n) is 12.3. The molecule has 2 nitrogen and oxygen atoms in total. The Balaban J connectivity index is 2.22. The second-order valence-electron chi connectivity index (χ2n) is 6.03. The average molecular weight is 240 g/mol. The molecule has 0 aliphatic carbocycles. The first-order chi connectivity index (χ1) is 8.15. The van der Waals surface area contributed by atoms with Crippen LogP contribution in [0, 0.1) is 5.92 Å². The van der Waals surface area contributed by atoms with Crippen LogP contribution in [0.15, 0.2) is 0 Å². The largest absolute Gasteiger partial charge is 0.311 e. The van der Waals surface area contributed by atoms with Crippen LogP contribution in [-0.2, 0) is 0 Å². The van der Waals surface area contributed by atoms with Crippen LogP contribution in [0.4, 0.5) is 0 Å². The van der Waals surface area contributed by atoms with Gasteiger partial charge in [0, 0.05) is 18.6 Å². The molecule has 0 amide bonds. The van der Waals surface area contributed by atoms with Crippen molar-refractivity contribution in [2.45, 2.75) is 71.9 Å². The van der Waals surface area contributed by atoms with Gasteiger partial charge < -0.3 is 10.2 Å². The van der Waals surface area contributed by atoms with Gasteiger partial charge >= 0.3 is 0 Å². The number of hydrogen-bond donors (Lipinski definition) is 1. The van der Waals surface area contributed by atoms with Crippen molar-refractivity contribution in [2.75, 3.05) is 19.6 Å². The zero-order valence-corrected chi connectivity index (χ0v) is 12.3. The third-order valence-corrected chi connectivity index (χ3v) is 3.81. The van der Waals surface area contributed by atoms with Crippen LogP contribution >= 0.6 is 0 Å². The Kier molecular flexibility index (Phi) is 7.14. The molecule has 1 aliphatic rings. The quantitative estimate of drug-likeness (QED) is 0.735. The molecule has 1 fully saturated rings. The lowest BCUT2D eigenvalue weighted by Gasteiger charge is -2.35. The fourth-order valence-corrected chi connectivity index (χ4v) is 2.89. The summed E-state index contributed by atoms with van der Waals surface area (Å²) in [7, 11) is 0. The SMILES string of the molecule is CCCC(CC)NC1CCN(CC(C)C)CC1. The summed E-state index contributed by atoms with van der Waals surface area (Å²) >= 11 is 0. The molecule has 17 heavy (non-hydrogen) atoms. The summed E-state index contributed by atoms with van der Waals surface area (Å²) in [5.41, 5.74) is 0. The van der Waals surface area contributed by atoms with Gasteiger partial charge in [0.05, 0.1) is 0 Å². The highest BCUT2D eigenvalue weighted by Gasteiger charge is 2.20. The van der Waals surface area contributed by atoms with E-state index >= 15 is 0 Å². The average Bonchev–Trinajstić information content (AvgIpc) is 2.30. The minimum absolute atomic E-state index is 0.752. The molecule has 0 radical (unpaired) electrons. The van der Waals surface area contributed by atoms with Crippen LogP contribution in [0.5, 0.6) is 0 Å². The maximum Gasteiger partial charge on any atom is 0.00939 e. The van der Waals surface area contributed by atoms with Crippen LogP contribution in [0.3, 0.4) is 0 Å². The molecule has 1 heterocycles. The van der Waals surface area contributed by atoms with Gasteiger partial charge in [-0.1, -0.05) is 34.1 Å². The molecule has 1 unspecified atom stereocenters. The molecule has 1 aliphatic heterocycles. The van der Waals surface area contributed by atoms with Gasteiger partial charge in [-0.05, 0) is 44.7 Å². The summed E-state index contributed by atoms with van der Waals surface area (Å²) in [6.07, 6.45) is 6.60. The second kappa shape index (κ2) is 8.10. The predicted octanol–water partition coefficient (Wildman–Crippen LogP) is 3.28. The number of likely N-dealkylation sites (tertiary alicyclic amines) is 1. The summed E-state index contributed by atoms with van der Waals surface area (Å²) in [6, 6.07) is 1.52. The minimum atomic E-state index is 0.752. The van der Waals surface area contributed by atoms with E-state index in [1.807, 2.05) is 0 Å². The molecule has 0 bridgehead atoms. The van der Waals surface area contributed by atoms with Gasteiger partial charge in [0.2, 0.25) is 0 Å². The molecular formula is C15H32N2. The van der Waals surface area contributed by atoms with Crippen LogP contribution in [0.25, 0.3) is 0 Å². The highest BCUT2D eigenvalue weighted by atomic mass is 15.1. The van der Waals surface area contributed by atoms with Crippen molar-refractivity contribution in [3.63, 3.8) is 0 Å². The van der Waals surface area contributed by atoms with Crippen LogP contribution < -0.4 is 5.32 Å². The Morgan fingerprint density at radius 1 is 1.18 bits per heavy atom. The predicted molar refractivity (Wildman–Crippen MR) is 76.4 cm³/mol. The van der Waals surface area contributed by atoms with Crippen molar-refractivity contribution >= 4 is 0 Å². The Hall–Kier alpha value is -0.0800. The molecule has 1 N–H and O–H groups in total. The monoisotopic (exact) mass is 240 g/mol. The molecule has 1 saturated heterocycles. The van der Waals surface area contributed by atoms with Crippen LogP contribution in [0.1, 0.15) is 59.8 Å². The smallest absolute Gasteiger partial charge is 0.00939 e. The molecule has 0 aromatic rings. The third-order valence-electron chi connectivity index (χ3n) is 3.81. The van der Waals surface area contributed by atoms with Crippen molar-refractivity contribution in [3.05, 3.63) is 0 Å². The van der Waals surface area contributed by atoms with Crippen LogP contribution in [-0.4, -0.2) is 36.6 Å². The topological polar surface area (TPSA) is 15.3 Å². The van der Waals surface area contributed by atoms with E-state index in [-0.39, 0.29) is 0 Å².